The lowest BCUT2D eigenvalue weighted by molar-refractivity contribution is 0.404. The Morgan fingerprint density at radius 1 is 0.556 bits per heavy atom. The standard InChI is InChI=1S/C21H13NO5/c1-22-18-19(25)16-12-8-4-2-3-5-9(8)13(17(16)20(26)21(18)27)15-11(24)7-6-10(23)14(12)15/h2-7,23-27H,1H2. The SMILES string of the molecule is C=Nc1c(O)c(O)c2c(c1O)c1c3ccccc3c2c2c(O)ccc(O)c21. The molecule has 6 aromatic carbocycles. The van der Waals surface area contributed by atoms with E-state index in [1.807, 2.05) is 24.3 Å². The molecule has 0 spiro atoms. The summed E-state index contributed by atoms with van der Waals surface area (Å²) in [4.78, 5) is 3.63. The largest absolute Gasteiger partial charge is 0.507 e. The molecule has 27 heavy (non-hydrogen) atoms. The van der Waals surface area contributed by atoms with Gasteiger partial charge in [-0.1, -0.05) is 24.3 Å². The third-order valence-electron chi connectivity index (χ3n) is 5.18. The lowest BCUT2D eigenvalue weighted by Crippen LogP contribution is -1.92. The second-order valence-corrected chi connectivity index (χ2v) is 6.45. The predicted octanol–water partition coefficient (Wildman–Crippen LogP) is 4.60. The van der Waals surface area contributed by atoms with Crippen molar-refractivity contribution in [2.75, 3.05) is 0 Å². The van der Waals surface area contributed by atoms with Crippen molar-refractivity contribution in [2.24, 2.45) is 4.99 Å². The number of phenolic OH excluding ortho intramolecular Hbond substituents is 5. The average molecular weight is 359 g/mol. The van der Waals surface area contributed by atoms with Crippen LogP contribution in [0, 0.1) is 0 Å². The molecule has 0 aliphatic heterocycles. The van der Waals surface area contributed by atoms with Crippen molar-refractivity contribution in [2.45, 2.75) is 0 Å². The van der Waals surface area contributed by atoms with Crippen LogP contribution in [0.15, 0.2) is 41.4 Å². The minimum absolute atomic E-state index is 0.0736. The molecule has 0 amide bonds. The summed E-state index contributed by atoms with van der Waals surface area (Å²) in [6.45, 7) is 3.34. The van der Waals surface area contributed by atoms with Gasteiger partial charge >= 0.3 is 0 Å². The van der Waals surface area contributed by atoms with Crippen molar-refractivity contribution in [1.82, 2.24) is 0 Å². The Bertz CT molecular complexity index is 1440. The van der Waals surface area contributed by atoms with Crippen molar-refractivity contribution >= 4 is 55.5 Å². The summed E-state index contributed by atoms with van der Waals surface area (Å²) in [6, 6.07) is 9.99. The summed E-state index contributed by atoms with van der Waals surface area (Å²) < 4.78 is 0. The number of aromatic hydroxyl groups is 5. The van der Waals surface area contributed by atoms with Crippen LogP contribution in [0.1, 0.15) is 0 Å². The molecule has 5 N–H and O–H groups in total. The van der Waals surface area contributed by atoms with Crippen LogP contribution in [0.4, 0.5) is 5.69 Å². The first kappa shape index (κ1) is 15.3. The van der Waals surface area contributed by atoms with Gasteiger partial charge in [-0.15, -0.1) is 0 Å². The van der Waals surface area contributed by atoms with E-state index in [2.05, 4.69) is 11.7 Å². The minimum atomic E-state index is -0.597. The second-order valence-electron chi connectivity index (χ2n) is 6.45. The maximum absolute atomic E-state index is 10.8. The van der Waals surface area contributed by atoms with Crippen LogP contribution in [0.25, 0.3) is 43.1 Å². The maximum Gasteiger partial charge on any atom is 0.188 e. The van der Waals surface area contributed by atoms with Crippen molar-refractivity contribution in [3.8, 4) is 28.7 Å². The second kappa shape index (κ2) is 4.82. The number of rotatable bonds is 1. The number of phenols is 5. The van der Waals surface area contributed by atoms with E-state index in [4.69, 9.17) is 0 Å². The minimum Gasteiger partial charge on any atom is -0.507 e. The molecule has 0 aliphatic carbocycles. The smallest absolute Gasteiger partial charge is 0.188 e. The van der Waals surface area contributed by atoms with Crippen LogP contribution in [0.5, 0.6) is 28.7 Å². The summed E-state index contributed by atoms with van der Waals surface area (Å²) in [7, 11) is 0. The van der Waals surface area contributed by atoms with E-state index in [1.165, 1.54) is 12.1 Å². The molecule has 132 valence electrons. The highest BCUT2D eigenvalue weighted by Gasteiger charge is 2.28. The Morgan fingerprint density at radius 3 is 1.52 bits per heavy atom. The Labute approximate surface area is 151 Å². The molecule has 0 radical (unpaired) electrons. The topological polar surface area (TPSA) is 114 Å². The molecule has 6 rings (SSSR count). The first-order valence-corrected chi connectivity index (χ1v) is 8.15. The highest BCUT2D eigenvalue weighted by atomic mass is 16.3. The van der Waals surface area contributed by atoms with Crippen LogP contribution < -0.4 is 0 Å². The molecule has 0 saturated carbocycles. The van der Waals surface area contributed by atoms with Crippen LogP contribution in [-0.4, -0.2) is 32.3 Å². The maximum atomic E-state index is 10.8. The zero-order valence-corrected chi connectivity index (χ0v) is 13.9. The molecular weight excluding hydrogens is 346 g/mol. The number of benzene rings is 6. The van der Waals surface area contributed by atoms with Crippen molar-refractivity contribution in [3.05, 3.63) is 36.4 Å². The molecule has 6 nitrogen and oxygen atoms in total. The first-order valence-electron chi connectivity index (χ1n) is 8.15. The Morgan fingerprint density at radius 2 is 1.04 bits per heavy atom. The molecule has 0 aliphatic rings. The number of hydrogen-bond donors (Lipinski definition) is 5. The van der Waals surface area contributed by atoms with Gasteiger partial charge < -0.3 is 25.5 Å². The van der Waals surface area contributed by atoms with Crippen LogP contribution >= 0.6 is 0 Å². The first-order chi connectivity index (χ1) is 13.0. The van der Waals surface area contributed by atoms with E-state index in [1.54, 1.807) is 0 Å². The quantitative estimate of drug-likeness (QED) is 0.130. The fourth-order valence-electron chi connectivity index (χ4n) is 4.13. The summed E-state index contributed by atoms with van der Waals surface area (Å²) in [5.41, 5.74) is -0.245. The fraction of sp³-hybridized carbons (Fsp3) is 0. The molecule has 0 unspecified atom stereocenters. The fourth-order valence-corrected chi connectivity index (χ4v) is 4.13. The summed E-state index contributed by atoms with van der Waals surface area (Å²) in [5.74, 6) is -1.58. The van der Waals surface area contributed by atoms with Gasteiger partial charge in [0.1, 0.15) is 11.5 Å². The molecular formula is C21H13NO5. The molecule has 6 heteroatoms. The van der Waals surface area contributed by atoms with E-state index in [9.17, 15) is 25.5 Å². The molecule has 0 aromatic heterocycles. The van der Waals surface area contributed by atoms with Gasteiger partial charge in [-0.3, -0.25) is 4.99 Å². The highest BCUT2D eigenvalue weighted by Crippen LogP contribution is 2.58. The van der Waals surface area contributed by atoms with Crippen molar-refractivity contribution in [3.63, 3.8) is 0 Å². The van der Waals surface area contributed by atoms with E-state index < -0.39 is 11.5 Å². The zero-order valence-electron chi connectivity index (χ0n) is 13.9. The van der Waals surface area contributed by atoms with Crippen LogP contribution in [0.2, 0.25) is 0 Å². The lowest BCUT2D eigenvalue weighted by atomic mass is 9.84. The van der Waals surface area contributed by atoms with Gasteiger partial charge in [-0.2, -0.15) is 0 Å². The van der Waals surface area contributed by atoms with Crippen molar-refractivity contribution in [1.29, 1.82) is 0 Å². The van der Waals surface area contributed by atoms with Gasteiger partial charge in [-0.25, -0.2) is 0 Å². The third kappa shape index (κ3) is 1.62. The van der Waals surface area contributed by atoms with E-state index in [0.29, 0.717) is 26.9 Å². The van der Waals surface area contributed by atoms with E-state index >= 15 is 0 Å². The lowest BCUT2D eigenvalue weighted by Gasteiger charge is -2.21. The highest BCUT2D eigenvalue weighted by molar-refractivity contribution is 6.44. The Balaban J connectivity index is 2.34. The average Bonchev–Trinajstić information content (AvgIpc) is 2.68. The van der Waals surface area contributed by atoms with Gasteiger partial charge in [0.05, 0.1) is 0 Å². The number of nitrogens with zero attached hydrogens (tertiary/aromatic N) is 1. The predicted molar refractivity (Wildman–Crippen MR) is 105 cm³/mol. The van der Waals surface area contributed by atoms with Gasteiger partial charge in [0.2, 0.25) is 0 Å². The third-order valence-corrected chi connectivity index (χ3v) is 5.18. The van der Waals surface area contributed by atoms with E-state index in [0.717, 1.165) is 5.39 Å². The molecule has 0 fully saturated rings. The van der Waals surface area contributed by atoms with Crippen LogP contribution in [0.3, 0.4) is 0 Å². The Hall–Kier alpha value is -3.93. The summed E-state index contributed by atoms with van der Waals surface area (Å²) in [5, 5.41) is 56.2. The molecule has 6 aromatic rings. The van der Waals surface area contributed by atoms with Crippen LogP contribution in [-0.2, 0) is 0 Å². The molecule has 0 saturated heterocycles. The van der Waals surface area contributed by atoms with Gasteiger partial charge in [-0.05, 0) is 29.6 Å². The molecule has 0 atom stereocenters. The number of aliphatic imine (C=N–C) groups is 1. The molecule has 0 heterocycles. The monoisotopic (exact) mass is 359 g/mol. The molecule has 2 bridgehead atoms. The summed E-state index contributed by atoms with van der Waals surface area (Å²) in [6.07, 6.45) is 0. The van der Waals surface area contributed by atoms with E-state index in [-0.39, 0.29) is 33.7 Å². The zero-order chi connectivity index (χ0) is 19.0. The Kier molecular flexibility index (Phi) is 2.74. The van der Waals surface area contributed by atoms with Gasteiger partial charge in [0, 0.05) is 32.3 Å². The summed E-state index contributed by atoms with van der Waals surface area (Å²) >= 11 is 0. The van der Waals surface area contributed by atoms with Crippen molar-refractivity contribution < 1.29 is 25.5 Å². The number of hydrogen-bond acceptors (Lipinski definition) is 6. The van der Waals surface area contributed by atoms with Gasteiger partial charge in [0.15, 0.2) is 22.9 Å². The normalized spacial score (nSPS) is 11.9. The van der Waals surface area contributed by atoms with Gasteiger partial charge in [0.25, 0.3) is 0 Å².